The van der Waals surface area contributed by atoms with Crippen LogP contribution in [0.4, 0.5) is 5.69 Å². The van der Waals surface area contributed by atoms with Crippen LogP contribution in [0, 0.1) is 0 Å². The van der Waals surface area contributed by atoms with Crippen molar-refractivity contribution >= 4 is 51.7 Å². The maximum atomic E-state index is 13.1. The SMILES string of the molecule is COC(=O)[C@H](Cc1ccc(-n2c(=O)c3cc(N)ccc3n(C)c2=O)cc1)NC(=O)c1c(Cl)cccc1Cl. The molecule has 0 radical (unpaired) electrons. The molecule has 4 aromatic rings. The molecule has 0 bridgehead atoms. The van der Waals surface area contributed by atoms with Gasteiger partial charge >= 0.3 is 11.7 Å². The minimum absolute atomic E-state index is 0.0437. The topological polar surface area (TPSA) is 125 Å². The molecule has 0 fully saturated rings. The van der Waals surface area contributed by atoms with E-state index in [4.69, 9.17) is 33.7 Å². The summed E-state index contributed by atoms with van der Waals surface area (Å²) in [5.41, 5.74) is 6.70. The Morgan fingerprint density at radius 2 is 1.68 bits per heavy atom. The van der Waals surface area contributed by atoms with Gasteiger partial charge in [0.15, 0.2) is 0 Å². The summed E-state index contributed by atoms with van der Waals surface area (Å²) in [7, 11) is 2.78. The Morgan fingerprint density at radius 1 is 1.03 bits per heavy atom. The van der Waals surface area contributed by atoms with Crippen molar-refractivity contribution in [3.8, 4) is 5.69 Å². The number of anilines is 1. The van der Waals surface area contributed by atoms with E-state index in [9.17, 15) is 19.2 Å². The maximum absolute atomic E-state index is 13.1. The predicted molar refractivity (Wildman–Crippen MR) is 143 cm³/mol. The predicted octanol–water partition coefficient (Wildman–Crippen LogP) is 3.09. The number of aromatic nitrogens is 2. The summed E-state index contributed by atoms with van der Waals surface area (Å²) in [6.45, 7) is 0. The van der Waals surface area contributed by atoms with E-state index in [0.29, 0.717) is 27.8 Å². The molecule has 3 aromatic carbocycles. The summed E-state index contributed by atoms with van der Waals surface area (Å²) in [5, 5.41) is 3.19. The lowest BCUT2D eigenvalue weighted by Crippen LogP contribution is -2.43. The second-order valence-electron chi connectivity index (χ2n) is 8.28. The van der Waals surface area contributed by atoms with Crippen LogP contribution in [0.3, 0.4) is 0 Å². The van der Waals surface area contributed by atoms with E-state index in [-0.39, 0.29) is 22.0 Å². The highest BCUT2D eigenvalue weighted by Crippen LogP contribution is 2.24. The summed E-state index contributed by atoms with van der Waals surface area (Å²) in [5.74, 6) is -1.30. The third kappa shape index (κ3) is 5.09. The van der Waals surface area contributed by atoms with Crippen molar-refractivity contribution < 1.29 is 14.3 Å². The molecule has 0 aliphatic carbocycles. The van der Waals surface area contributed by atoms with E-state index in [2.05, 4.69) is 5.32 Å². The van der Waals surface area contributed by atoms with Gasteiger partial charge in [0.05, 0.1) is 39.3 Å². The Bertz CT molecular complexity index is 1620. The number of carbonyl (C=O) groups excluding carboxylic acids is 2. The zero-order valence-corrected chi connectivity index (χ0v) is 21.3. The van der Waals surface area contributed by atoms with Crippen molar-refractivity contribution in [3.05, 3.63) is 103 Å². The number of halogens is 2. The fraction of sp³-hybridized carbons (Fsp3) is 0.154. The zero-order valence-electron chi connectivity index (χ0n) is 19.8. The molecule has 4 rings (SSSR count). The van der Waals surface area contributed by atoms with Crippen LogP contribution in [0.2, 0.25) is 10.0 Å². The minimum atomic E-state index is -1.05. The van der Waals surface area contributed by atoms with Gasteiger partial charge in [-0.1, -0.05) is 41.4 Å². The van der Waals surface area contributed by atoms with E-state index in [1.54, 1.807) is 49.5 Å². The Hall–Kier alpha value is -4.08. The molecule has 9 nitrogen and oxygen atoms in total. The van der Waals surface area contributed by atoms with E-state index in [1.165, 1.54) is 29.9 Å². The number of ether oxygens (including phenoxy) is 1. The van der Waals surface area contributed by atoms with Crippen LogP contribution >= 0.6 is 23.2 Å². The third-order valence-electron chi connectivity index (χ3n) is 5.91. The smallest absolute Gasteiger partial charge is 0.335 e. The summed E-state index contributed by atoms with van der Waals surface area (Å²) in [6, 6.07) is 14.8. The first-order valence-electron chi connectivity index (χ1n) is 11.1. The Kier molecular flexibility index (Phi) is 7.37. The van der Waals surface area contributed by atoms with Gasteiger partial charge in [0.2, 0.25) is 0 Å². The van der Waals surface area contributed by atoms with Gasteiger partial charge in [-0.15, -0.1) is 0 Å². The van der Waals surface area contributed by atoms with Gasteiger partial charge in [-0.2, -0.15) is 0 Å². The molecule has 1 amide bonds. The van der Waals surface area contributed by atoms with Gasteiger partial charge < -0.3 is 15.8 Å². The molecular formula is C26H22Cl2N4O5. The van der Waals surface area contributed by atoms with Crippen molar-refractivity contribution in [1.82, 2.24) is 14.5 Å². The number of fused-ring (bicyclic) bond motifs is 1. The lowest BCUT2D eigenvalue weighted by Gasteiger charge is -2.18. The maximum Gasteiger partial charge on any atom is 0.335 e. The van der Waals surface area contributed by atoms with Gasteiger partial charge in [-0.3, -0.25) is 14.2 Å². The number of hydrogen-bond acceptors (Lipinski definition) is 6. The number of nitrogens with zero attached hydrogens (tertiary/aromatic N) is 2. The number of hydrogen-bond donors (Lipinski definition) is 2. The van der Waals surface area contributed by atoms with Crippen molar-refractivity contribution in [3.63, 3.8) is 0 Å². The Labute approximate surface area is 221 Å². The monoisotopic (exact) mass is 540 g/mol. The second-order valence-corrected chi connectivity index (χ2v) is 9.09. The molecule has 1 aromatic heterocycles. The number of aryl methyl sites for hydroxylation is 1. The number of nitrogen functional groups attached to an aromatic ring is 1. The van der Waals surface area contributed by atoms with Gasteiger partial charge in [-0.25, -0.2) is 14.2 Å². The molecule has 0 unspecified atom stereocenters. The van der Waals surface area contributed by atoms with Gasteiger partial charge in [-0.05, 0) is 48.0 Å². The molecule has 0 spiro atoms. The molecule has 0 aliphatic heterocycles. The van der Waals surface area contributed by atoms with Crippen LogP contribution in [0.1, 0.15) is 15.9 Å². The molecule has 1 heterocycles. The quantitative estimate of drug-likeness (QED) is 0.286. The average Bonchev–Trinajstić information content (AvgIpc) is 2.87. The molecule has 0 saturated heterocycles. The fourth-order valence-electron chi connectivity index (χ4n) is 4.00. The Balaban J connectivity index is 1.64. The molecule has 11 heteroatoms. The Morgan fingerprint density at radius 3 is 2.30 bits per heavy atom. The lowest BCUT2D eigenvalue weighted by molar-refractivity contribution is -0.142. The van der Waals surface area contributed by atoms with Gasteiger partial charge in [0.1, 0.15) is 6.04 Å². The van der Waals surface area contributed by atoms with Crippen LogP contribution in [-0.4, -0.2) is 34.2 Å². The molecule has 37 heavy (non-hydrogen) atoms. The molecule has 0 saturated carbocycles. The summed E-state index contributed by atoms with van der Waals surface area (Å²) < 4.78 is 7.26. The molecular weight excluding hydrogens is 519 g/mol. The molecule has 1 atom stereocenters. The highest BCUT2D eigenvalue weighted by atomic mass is 35.5. The first-order chi connectivity index (χ1) is 17.6. The number of nitrogens with two attached hydrogens (primary N) is 1. The van der Waals surface area contributed by atoms with Crippen LogP contribution in [0.25, 0.3) is 16.6 Å². The largest absolute Gasteiger partial charge is 0.467 e. The molecule has 0 aliphatic rings. The number of esters is 1. The average molecular weight is 541 g/mol. The van der Waals surface area contributed by atoms with Crippen LogP contribution < -0.4 is 22.3 Å². The number of amides is 1. The highest BCUT2D eigenvalue weighted by molar-refractivity contribution is 6.39. The second kappa shape index (κ2) is 10.5. The van der Waals surface area contributed by atoms with Crippen molar-refractivity contribution in [2.75, 3.05) is 12.8 Å². The normalized spacial score (nSPS) is 11.8. The van der Waals surface area contributed by atoms with Crippen LogP contribution in [-0.2, 0) is 23.0 Å². The zero-order chi connectivity index (χ0) is 26.9. The number of rotatable bonds is 6. The highest BCUT2D eigenvalue weighted by Gasteiger charge is 2.25. The van der Waals surface area contributed by atoms with Crippen LogP contribution in [0.5, 0.6) is 0 Å². The van der Waals surface area contributed by atoms with Crippen molar-refractivity contribution in [2.45, 2.75) is 12.5 Å². The first kappa shape index (κ1) is 26.0. The summed E-state index contributed by atoms with van der Waals surface area (Å²) in [6.07, 6.45) is 0.0714. The van der Waals surface area contributed by atoms with Gasteiger partial charge in [0.25, 0.3) is 11.5 Å². The number of nitrogens with one attached hydrogen (secondary N) is 1. The molecule has 3 N–H and O–H groups in total. The van der Waals surface area contributed by atoms with Crippen molar-refractivity contribution in [1.29, 1.82) is 0 Å². The van der Waals surface area contributed by atoms with E-state index >= 15 is 0 Å². The third-order valence-corrected chi connectivity index (χ3v) is 6.54. The van der Waals surface area contributed by atoms with E-state index in [0.717, 1.165) is 4.57 Å². The summed E-state index contributed by atoms with van der Waals surface area (Å²) >= 11 is 12.2. The first-order valence-corrected chi connectivity index (χ1v) is 11.8. The standard InChI is InChI=1S/C26H22Cl2N4O5/c1-31-21-11-8-15(29)13-17(21)24(34)32(26(31)36)16-9-6-14(7-10-16)12-20(25(35)37-2)30-23(33)22-18(27)4-3-5-19(22)28/h3-11,13,20H,12,29H2,1-2H3,(H,30,33)/t20-/m0/s1. The number of carbonyl (C=O) groups is 2. The van der Waals surface area contributed by atoms with Gasteiger partial charge in [0, 0.05) is 19.2 Å². The van der Waals surface area contributed by atoms with E-state index < -0.39 is 29.2 Å². The number of benzene rings is 3. The summed E-state index contributed by atoms with van der Waals surface area (Å²) in [4.78, 5) is 51.3. The number of methoxy groups -OCH3 is 1. The molecule has 190 valence electrons. The lowest BCUT2D eigenvalue weighted by atomic mass is 10.0. The van der Waals surface area contributed by atoms with Crippen molar-refractivity contribution in [2.24, 2.45) is 7.05 Å². The van der Waals surface area contributed by atoms with Crippen LogP contribution in [0.15, 0.2) is 70.3 Å². The van der Waals surface area contributed by atoms with E-state index in [1.807, 2.05) is 0 Å². The fourth-order valence-corrected chi connectivity index (χ4v) is 4.57. The minimum Gasteiger partial charge on any atom is -0.467 e.